The highest BCUT2D eigenvalue weighted by Gasteiger charge is 2.36. The van der Waals surface area contributed by atoms with Gasteiger partial charge < -0.3 is 9.84 Å². The Labute approximate surface area is 156 Å². The third-order valence-corrected chi connectivity index (χ3v) is 5.64. The monoisotopic (exact) mass is 394 g/mol. The summed E-state index contributed by atoms with van der Waals surface area (Å²) in [5.41, 5.74) is 0.463. The zero-order valence-electron chi connectivity index (χ0n) is 14.6. The molecule has 1 atom stereocenters. The number of nitrogens with zero attached hydrogens (tertiary/aromatic N) is 2. The van der Waals surface area contributed by atoms with Gasteiger partial charge in [-0.1, -0.05) is 12.6 Å². The van der Waals surface area contributed by atoms with Crippen molar-refractivity contribution in [3.63, 3.8) is 0 Å². The van der Waals surface area contributed by atoms with Crippen LogP contribution in [0.2, 0.25) is 0 Å². The molecule has 0 radical (unpaired) electrons. The third-order valence-electron chi connectivity index (χ3n) is 3.77. The second-order valence-electron chi connectivity index (χ2n) is 5.66. The van der Waals surface area contributed by atoms with Gasteiger partial charge in [-0.3, -0.25) is 9.78 Å². The van der Waals surface area contributed by atoms with E-state index in [1.165, 1.54) is 43.8 Å². The molecule has 9 heteroatoms. The molecule has 1 heterocycles. The molecule has 1 aromatic carbocycles. The number of hydrogen-bond acceptors (Lipinski definition) is 5. The fourth-order valence-electron chi connectivity index (χ4n) is 2.44. The smallest absolute Gasteiger partial charge is 0.322 e. The third kappa shape index (κ3) is 5.11. The lowest BCUT2D eigenvalue weighted by Gasteiger charge is -2.28. The number of methoxy groups -OCH3 is 1. The summed E-state index contributed by atoms with van der Waals surface area (Å²) in [6.07, 6.45) is 2.26. The van der Waals surface area contributed by atoms with Crippen molar-refractivity contribution < 1.29 is 27.4 Å². The summed E-state index contributed by atoms with van der Waals surface area (Å²) in [6.45, 7) is 2.78. The van der Waals surface area contributed by atoms with Crippen LogP contribution in [0.15, 0.2) is 66.1 Å². The number of ether oxygens (including phenoxy) is 1. The van der Waals surface area contributed by atoms with E-state index in [9.17, 15) is 22.7 Å². The Morgan fingerprint density at radius 1 is 1.33 bits per heavy atom. The van der Waals surface area contributed by atoms with Gasteiger partial charge in [0.2, 0.25) is 10.0 Å². The zero-order valence-corrected chi connectivity index (χ0v) is 15.4. The van der Waals surface area contributed by atoms with Gasteiger partial charge in [-0.15, -0.1) is 0 Å². The Morgan fingerprint density at radius 3 is 2.48 bits per heavy atom. The van der Waals surface area contributed by atoms with Gasteiger partial charge in [0.05, 0.1) is 17.8 Å². The Kier molecular flexibility index (Phi) is 6.65. The number of carbonyl (C=O) groups is 1. The van der Waals surface area contributed by atoms with Crippen LogP contribution in [-0.4, -0.2) is 41.9 Å². The second kappa shape index (κ2) is 8.74. The van der Waals surface area contributed by atoms with Crippen molar-refractivity contribution in [3.05, 3.63) is 66.8 Å². The first-order valence-corrected chi connectivity index (χ1v) is 9.30. The highest BCUT2D eigenvalue weighted by molar-refractivity contribution is 7.89. The van der Waals surface area contributed by atoms with Crippen LogP contribution in [0.25, 0.3) is 0 Å². The number of hydrogen-bond donors (Lipinski definition) is 1. The Bertz CT molecular complexity index is 901. The molecule has 0 aliphatic rings. The van der Waals surface area contributed by atoms with Crippen LogP contribution in [0.3, 0.4) is 0 Å². The molecular formula is C18H19FN2O5S. The van der Waals surface area contributed by atoms with Crippen LogP contribution in [-0.2, 0) is 21.4 Å². The van der Waals surface area contributed by atoms with Crippen molar-refractivity contribution in [3.8, 4) is 5.75 Å². The van der Waals surface area contributed by atoms with Gasteiger partial charge in [0, 0.05) is 25.4 Å². The largest absolute Gasteiger partial charge is 0.497 e. The van der Waals surface area contributed by atoms with Crippen molar-refractivity contribution in [2.75, 3.05) is 7.11 Å². The maximum atomic E-state index is 13.4. The number of halogens is 1. The van der Waals surface area contributed by atoms with Crippen LogP contribution in [0.1, 0.15) is 12.0 Å². The van der Waals surface area contributed by atoms with E-state index in [0.717, 1.165) is 4.31 Å². The number of pyridine rings is 1. The molecule has 0 unspecified atom stereocenters. The lowest BCUT2D eigenvalue weighted by molar-refractivity contribution is -0.141. The molecule has 2 aromatic rings. The predicted molar refractivity (Wildman–Crippen MR) is 96.2 cm³/mol. The average Bonchev–Trinajstić information content (AvgIpc) is 2.65. The molecule has 27 heavy (non-hydrogen) atoms. The number of carboxylic acids is 1. The molecule has 144 valence electrons. The number of sulfonamides is 1. The van der Waals surface area contributed by atoms with Gasteiger partial charge in [-0.05, 0) is 35.9 Å². The van der Waals surface area contributed by atoms with Crippen LogP contribution in [0, 0.1) is 0 Å². The second-order valence-corrected chi connectivity index (χ2v) is 7.55. The summed E-state index contributed by atoms with van der Waals surface area (Å²) in [5, 5.41) is 9.51. The number of rotatable bonds is 9. The number of aromatic nitrogens is 1. The summed E-state index contributed by atoms with van der Waals surface area (Å²) in [4.78, 5) is 15.5. The van der Waals surface area contributed by atoms with Crippen LogP contribution in [0.4, 0.5) is 4.39 Å². The molecule has 1 aromatic heterocycles. The molecule has 0 spiro atoms. The Morgan fingerprint density at radius 2 is 2.00 bits per heavy atom. The minimum Gasteiger partial charge on any atom is -0.497 e. The summed E-state index contributed by atoms with van der Waals surface area (Å²) in [5.74, 6) is -1.96. The topological polar surface area (TPSA) is 96.8 Å². The lowest BCUT2D eigenvalue weighted by atomic mass is 10.2. The summed E-state index contributed by atoms with van der Waals surface area (Å²) >= 11 is 0. The first-order chi connectivity index (χ1) is 12.8. The minimum absolute atomic E-state index is 0.136. The van der Waals surface area contributed by atoms with Crippen LogP contribution < -0.4 is 4.74 Å². The molecule has 0 aliphatic heterocycles. The normalized spacial score (nSPS) is 12.6. The first kappa shape index (κ1) is 20.5. The maximum absolute atomic E-state index is 13.4. The molecule has 0 bridgehead atoms. The number of benzene rings is 1. The standard InChI is InChI=1S/C18H19FN2O5S/c1-13(19)10-17(18(22)23)21(12-14-4-3-9-20-11-14)27(24,25)16-7-5-15(26-2)6-8-16/h3-9,11,17H,1,10,12H2,2H3,(H,22,23)/t17-/m0/s1. The maximum Gasteiger partial charge on any atom is 0.322 e. The molecule has 0 amide bonds. The molecule has 7 nitrogen and oxygen atoms in total. The number of aliphatic carboxylic acids is 1. The molecular weight excluding hydrogens is 375 g/mol. The van der Waals surface area contributed by atoms with E-state index < -0.39 is 34.3 Å². The van der Waals surface area contributed by atoms with E-state index in [1.807, 2.05) is 0 Å². The van der Waals surface area contributed by atoms with Crippen LogP contribution in [0.5, 0.6) is 5.75 Å². The van der Waals surface area contributed by atoms with E-state index in [1.54, 1.807) is 12.1 Å². The zero-order chi connectivity index (χ0) is 20.0. The lowest BCUT2D eigenvalue weighted by Crippen LogP contribution is -2.44. The van der Waals surface area contributed by atoms with E-state index >= 15 is 0 Å². The first-order valence-electron chi connectivity index (χ1n) is 7.86. The summed E-state index contributed by atoms with van der Waals surface area (Å²) in [6, 6.07) is 7.03. The van der Waals surface area contributed by atoms with Crippen molar-refractivity contribution >= 4 is 16.0 Å². The van der Waals surface area contributed by atoms with Crippen molar-refractivity contribution in [1.29, 1.82) is 0 Å². The van der Waals surface area contributed by atoms with Gasteiger partial charge in [0.25, 0.3) is 0 Å². The fourth-order valence-corrected chi connectivity index (χ4v) is 4.01. The van der Waals surface area contributed by atoms with E-state index in [4.69, 9.17) is 4.74 Å². The van der Waals surface area contributed by atoms with E-state index in [2.05, 4.69) is 11.6 Å². The molecule has 0 fully saturated rings. The average molecular weight is 394 g/mol. The predicted octanol–water partition coefficient (Wildman–Crippen LogP) is 2.61. The van der Waals surface area contributed by atoms with E-state index in [0.29, 0.717) is 11.3 Å². The molecule has 0 aliphatic carbocycles. The van der Waals surface area contributed by atoms with E-state index in [-0.39, 0.29) is 11.4 Å². The minimum atomic E-state index is -4.25. The summed E-state index contributed by atoms with van der Waals surface area (Å²) < 4.78 is 45.4. The van der Waals surface area contributed by atoms with Crippen molar-refractivity contribution in [2.45, 2.75) is 23.9 Å². The quantitative estimate of drug-likeness (QED) is 0.702. The molecule has 1 N–H and O–H groups in total. The highest BCUT2D eigenvalue weighted by atomic mass is 32.2. The molecule has 2 rings (SSSR count). The van der Waals surface area contributed by atoms with Gasteiger partial charge in [-0.2, -0.15) is 4.31 Å². The van der Waals surface area contributed by atoms with Gasteiger partial charge >= 0.3 is 5.97 Å². The number of carboxylic acid groups (broad SMARTS) is 1. The Balaban J connectivity index is 2.51. The fraction of sp³-hybridized carbons (Fsp3) is 0.222. The molecule has 0 saturated carbocycles. The Hall–Kier alpha value is -2.78. The van der Waals surface area contributed by atoms with Gasteiger partial charge in [-0.25, -0.2) is 12.8 Å². The highest BCUT2D eigenvalue weighted by Crippen LogP contribution is 2.26. The van der Waals surface area contributed by atoms with Crippen molar-refractivity contribution in [2.24, 2.45) is 0 Å². The van der Waals surface area contributed by atoms with Gasteiger partial charge in [0.1, 0.15) is 11.8 Å². The SMILES string of the molecule is C=C(F)C[C@@H](C(=O)O)N(Cc1cccnc1)S(=O)(=O)c1ccc(OC)cc1. The van der Waals surface area contributed by atoms with Crippen molar-refractivity contribution in [1.82, 2.24) is 9.29 Å². The van der Waals surface area contributed by atoms with Crippen LogP contribution >= 0.6 is 0 Å². The molecule has 0 saturated heterocycles. The summed E-state index contributed by atoms with van der Waals surface area (Å²) in [7, 11) is -2.82. The van der Waals surface area contributed by atoms with Gasteiger partial charge in [0.15, 0.2) is 0 Å².